The average molecular weight is 267 g/mol. The maximum atomic E-state index is 12.9. The molecule has 0 saturated heterocycles. The molecule has 1 aromatic rings. The number of hydrogen-bond acceptors (Lipinski definition) is 3. The molecule has 0 atom stereocenters. The molecule has 0 fully saturated rings. The Morgan fingerprint density at radius 3 is 2.75 bits per heavy atom. The van der Waals surface area contributed by atoms with Gasteiger partial charge < -0.3 is 5.32 Å². The summed E-state index contributed by atoms with van der Waals surface area (Å²) in [6, 6.07) is 3.50. The third kappa shape index (κ3) is 3.96. The van der Waals surface area contributed by atoms with E-state index in [2.05, 4.69) is 10.0 Å². The van der Waals surface area contributed by atoms with Crippen molar-refractivity contribution in [3.8, 4) is 0 Å². The Morgan fingerprint density at radius 1 is 1.44 bits per heavy atom. The van der Waals surface area contributed by atoms with E-state index in [1.165, 1.54) is 6.07 Å². The second-order valence-corrected chi connectivity index (χ2v) is 5.40. The van der Waals surface area contributed by atoms with Gasteiger partial charge in [-0.2, -0.15) is 0 Å². The van der Waals surface area contributed by atoms with Crippen molar-refractivity contribution in [2.45, 2.75) is 0 Å². The third-order valence-electron chi connectivity index (χ3n) is 1.81. The molecular formula is C9H12ClFN2O2S. The van der Waals surface area contributed by atoms with Crippen LogP contribution < -0.4 is 10.0 Å². The first-order valence-electron chi connectivity index (χ1n) is 4.55. The molecular weight excluding hydrogens is 255 g/mol. The molecule has 0 amide bonds. The zero-order valence-electron chi connectivity index (χ0n) is 8.63. The summed E-state index contributed by atoms with van der Waals surface area (Å²) >= 11 is 5.73. The zero-order valence-corrected chi connectivity index (χ0v) is 10.2. The number of anilines is 1. The van der Waals surface area contributed by atoms with Crippen LogP contribution in [0.15, 0.2) is 18.2 Å². The first-order valence-corrected chi connectivity index (χ1v) is 6.58. The molecule has 0 bridgehead atoms. The van der Waals surface area contributed by atoms with Crippen LogP contribution in [0.5, 0.6) is 0 Å². The molecule has 0 aliphatic carbocycles. The van der Waals surface area contributed by atoms with Crippen LogP contribution in [-0.4, -0.2) is 27.8 Å². The SMILES string of the molecule is CNCCS(=O)(=O)Nc1cc(F)ccc1Cl. The van der Waals surface area contributed by atoms with Gasteiger partial charge >= 0.3 is 0 Å². The van der Waals surface area contributed by atoms with Crippen LogP contribution in [0.25, 0.3) is 0 Å². The second-order valence-electron chi connectivity index (χ2n) is 3.15. The van der Waals surface area contributed by atoms with Crippen molar-refractivity contribution in [3.05, 3.63) is 29.0 Å². The third-order valence-corrected chi connectivity index (χ3v) is 3.42. The van der Waals surface area contributed by atoms with Crippen molar-refractivity contribution in [3.63, 3.8) is 0 Å². The van der Waals surface area contributed by atoms with E-state index >= 15 is 0 Å². The number of nitrogens with one attached hydrogen (secondary N) is 2. The summed E-state index contributed by atoms with van der Waals surface area (Å²) in [5.74, 6) is -0.646. The van der Waals surface area contributed by atoms with Crippen molar-refractivity contribution in [1.82, 2.24) is 5.32 Å². The minimum absolute atomic E-state index is 0.0535. The summed E-state index contributed by atoms with van der Waals surface area (Å²) in [4.78, 5) is 0. The number of hydrogen-bond donors (Lipinski definition) is 2. The molecule has 0 radical (unpaired) electrons. The fourth-order valence-electron chi connectivity index (χ4n) is 1.03. The molecule has 0 aliphatic rings. The maximum Gasteiger partial charge on any atom is 0.234 e. The topological polar surface area (TPSA) is 58.2 Å². The van der Waals surface area contributed by atoms with E-state index in [4.69, 9.17) is 11.6 Å². The predicted molar refractivity (Wildman–Crippen MR) is 62.7 cm³/mol. The van der Waals surface area contributed by atoms with Gasteiger partial charge in [-0.1, -0.05) is 11.6 Å². The minimum Gasteiger partial charge on any atom is -0.319 e. The highest BCUT2D eigenvalue weighted by molar-refractivity contribution is 7.92. The first-order chi connectivity index (χ1) is 7.44. The Hall–Kier alpha value is -0.850. The Labute approximate surface area is 98.9 Å². The molecule has 0 spiro atoms. The normalized spacial score (nSPS) is 11.4. The largest absolute Gasteiger partial charge is 0.319 e. The van der Waals surface area contributed by atoms with Crippen molar-refractivity contribution < 1.29 is 12.8 Å². The van der Waals surface area contributed by atoms with Gasteiger partial charge in [-0.15, -0.1) is 0 Å². The van der Waals surface area contributed by atoms with E-state index in [9.17, 15) is 12.8 Å². The summed E-state index contributed by atoms with van der Waals surface area (Å²) in [6.45, 7) is 0.308. The van der Waals surface area contributed by atoms with Crippen LogP contribution >= 0.6 is 11.6 Å². The summed E-state index contributed by atoms with van der Waals surface area (Å²) < 4.78 is 38.1. The first kappa shape index (κ1) is 13.2. The maximum absolute atomic E-state index is 12.9. The number of sulfonamides is 1. The highest BCUT2D eigenvalue weighted by atomic mass is 35.5. The molecule has 90 valence electrons. The molecule has 4 nitrogen and oxygen atoms in total. The average Bonchev–Trinajstić information content (AvgIpc) is 2.20. The lowest BCUT2D eigenvalue weighted by Gasteiger charge is -2.09. The predicted octanol–water partition coefficient (Wildman–Crippen LogP) is 1.44. The summed E-state index contributed by atoms with van der Waals surface area (Å²) in [5, 5.41) is 2.87. The van der Waals surface area contributed by atoms with Crippen LogP contribution in [0.2, 0.25) is 5.02 Å². The summed E-state index contributed by atoms with van der Waals surface area (Å²) in [6.07, 6.45) is 0. The molecule has 0 aromatic heterocycles. The van der Waals surface area contributed by atoms with Crippen LogP contribution in [-0.2, 0) is 10.0 Å². The Morgan fingerprint density at radius 2 is 2.12 bits per heavy atom. The summed E-state index contributed by atoms with van der Waals surface area (Å²) in [7, 11) is -1.86. The fourth-order valence-corrected chi connectivity index (χ4v) is 2.33. The van der Waals surface area contributed by atoms with E-state index in [0.717, 1.165) is 12.1 Å². The van der Waals surface area contributed by atoms with Gasteiger partial charge in [-0.25, -0.2) is 12.8 Å². The van der Waals surface area contributed by atoms with Gasteiger partial charge in [0.25, 0.3) is 0 Å². The van der Waals surface area contributed by atoms with Gasteiger partial charge in [-0.05, 0) is 25.2 Å². The quantitative estimate of drug-likeness (QED) is 0.848. The van der Waals surface area contributed by atoms with Crippen molar-refractivity contribution in [2.75, 3.05) is 24.1 Å². The van der Waals surface area contributed by atoms with E-state index < -0.39 is 15.8 Å². The van der Waals surface area contributed by atoms with Gasteiger partial charge in [0.15, 0.2) is 0 Å². The molecule has 0 saturated carbocycles. The lowest BCUT2D eigenvalue weighted by atomic mass is 10.3. The van der Waals surface area contributed by atoms with Crippen LogP contribution in [0.1, 0.15) is 0 Å². The monoisotopic (exact) mass is 266 g/mol. The van der Waals surface area contributed by atoms with Gasteiger partial charge in [0.1, 0.15) is 5.82 Å². The zero-order chi connectivity index (χ0) is 12.2. The van der Waals surface area contributed by atoms with E-state index in [1.54, 1.807) is 7.05 Å². The molecule has 16 heavy (non-hydrogen) atoms. The Balaban J connectivity index is 2.83. The van der Waals surface area contributed by atoms with Gasteiger partial charge in [-0.3, -0.25) is 4.72 Å². The van der Waals surface area contributed by atoms with Crippen molar-refractivity contribution >= 4 is 27.3 Å². The molecule has 0 unspecified atom stereocenters. The smallest absolute Gasteiger partial charge is 0.234 e. The van der Waals surface area contributed by atoms with E-state index in [0.29, 0.717) is 6.54 Å². The number of halogens is 2. The highest BCUT2D eigenvalue weighted by Crippen LogP contribution is 2.23. The van der Waals surface area contributed by atoms with Gasteiger partial charge in [0, 0.05) is 6.54 Å². The van der Waals surface area contributed by atoms with E-state index in [1.807, 2.05) is 0 Å². The lowest BCUT2D eigenvalue weighted by molar-refractivity contribution is 0.598. The standard InChI is InChI=1S/C9H12ClFN2O2S/c1-12-4-5-16(14,15)13-9-6-7(11)2-3-8(9)10/h2-3,6,12-13H,4-5H2,1H3. The molecule has 2 N–H and O–H groups in total. The van der Waals surface area contributed by atoms with Crippen LogP contribution in [0, 0.1) is 5.82 Å². The number of rotatable bonds is 5. The van der Waals surface area contributed by atoms with Crippen LogP contribution in [0.3, 0.4) is 0 Å². The molecule has 7 heteroatoms. The fraction of sp³-hybridized carbons (Fsp3) is 0.333. The highest BCUT2D eigenvalue weighted by Gasteiger charge is 2.12. The van der Waals surface area contributed by atoms with Crippen molar-refractivity contribution in [1.29, 1.82) is 0 Å². The van der Waals surface area contributed by atoms with Gasteiger partial charge in [0.05, 0.1) is 16.5 Å². The van der Waals surface area contributed by atoms with E-state index in [-0.39, 0.29) is 16.5 Å². The Kier molecular flexibility index (Phi) is 4.52. The second kappa shape index (κ2) is 5.47. The minimum atomic E-state index is -3.50. The molecule has 0 aliphatic heterocycles. The lowest BCUT2D eigenvalue weighted by Crippen LogP contribution is -2.24. The Bertz CT molecular complexity index is 465. The summed E-state index contributed by atoms with van der Waals surface area (Å²) in [5.41, 5.74) is 0.0535. The number of benzene rings is 1. The molecule has 1 aromatic carbocycles. The molecule has 0 heterocycles. The van der Waals surface area contributed by atoms with Crippen LogP contribution in [0.4, 0.5) is 10.1 Å². The van der Waals surface area contributed by atoms with Gasteiger partial charge in [0.2, 0.25) is 10.0 Å². The molecule has 1 rings (SSSR count). The van der Waals surface area contributed by atoms with Crippen molar-refractivity contribution in [2.24, 2.45) is 0 Å².